The summed E-state index contributed by atoms with van der Waals surface area (Å²) in [6.45, 7) is 6.16. The van der Waals surface area contributed by atoms with Crippen molar-refractivity contribution < 1.29 is 13.6 Å². The molecule has 0 aliphatic heterocycles. The zero-order valence-corrected chi connectivity index (χ0v) is 16.5. The number of carbonyl (C=O) groups is 1. The van der Waals surface area contributed by atoms with E-state index in [0.717, 1.165) is 29.0 Å². The van der Waals surface area contributed by atoms with Gasteiger partial charge in [-0.15, -0.1) is 10.2 Å². The monoisotopic (exact) mass is 399 g/mol. The molecule has 0 fully saturated rings. The van der Waals surface area contributed by atoms with Gasteiger partial charge in [-0.2, -0.15) is 0 Å². The van der Waals surface area contributed by atoms with Gasteiger partial charge in [0.05, 0.1) is 17.1 Å². The SMILES string of the molecule is Cc1cc(C)c(-c2ccc(SCC(=O)Nc3ccc(F)cc3F)nn2)cc1C. The van der Waals surface area contributed by atoms with Crippen molar-refractivity contribution in [3.05, 3.63) is 70.8 Å². The maximum Gasteiger partial charge on any atom is 0.234 e. The molecule has 1 heterocycles. The molecule has 28 heavy (non-hydrogen) atoms. The minimum atomic E-state index is -0.814. The molecule has 1 aromatic heterocycles. The van der Waals surface area contributed by atoms with Crippen LogP contribution in [0.4, 0.5) is 14.5 Å². The summed E-state index contributed by atoms with van der Waals surface area (Å²) in [4.78, 5) is 12.0. The minimum Gasteiger partial charge on any atom is -0.323 e. The molecule has 0 unspecified atom stereocenters. The molecular formula is C21H19F2N3OS. The van der Waals surface area contributed by atoms with Crippen molar-refractivity contribution in [2.24, 2.45) is 0 Å². The maximum atomic E-state index is 13.6. The second-order valence-corrected chi connectivity index (χ2v) is 7.46. The van der Waals surface area contributed by atoms with Crippen LogP contribution in [-0.4, -0.2) is 21.9 Å². The fraction of sp³-hybridized carbons (Fsp3) is 0.190. The number of nitrogens with one attached hydrogen (secondary N) is 1. The summed E-state index contributed by atoms with van der Waals surface area (Å²) in [5, 5.41) is 11.4. The van der Waals surface area contributed by atoms with Gasteiger partial charge >= 0.3 is 0 Å². The van der Waals surface area contributed by atoms with Gasteiger partial charge in [0, 0.05) is 11.6 Å². The van der Waals surface area contributed by atoms with Crippen molar-refractivity contribution in [1.82, 2.24) is 10.2 Å². The number of hydrogen-bond donors (Lipinski definition) is 1. The molecule has 0 radical (unpaired) electrons. The molecule has 0 bridgehead atoms. The predicted octanol–water partition coefficient (Wildman–Crippen LogP) is 5.08. The van der Waals surface area contributed by atoms with Crippen molar-refractivity contribution in [2.45, 2.75) is 25.8 Å². The first-order chi connectivity index (χ1) is 13.3. The third-order valence-electron chi connectivity index (χ3n) is 4.31. The normalized spacial score (nSPS) is 10.8. The lowest BCUT2D eigenvalue weighted by Crippen LogP contribution is -2.15. The summed E-state index contributed by atoms with van der Waals surface area (Å²) in [5.41, 5.74) is 5.27. The van der Waals surface area contributed by atoms with Gasteiger partial charge in [0.2, 0.25) is 5.91 Å². The topological polar surface area (TPSA) is 54.9 Å². The Morgan fingerprint density at radius 3 is 2.39 bits per heavy atom. The molecule has 144 valence electrons. The zero-order chi connectivity index (χ0) is 20.3. The van der Waals surface area contributed by atoms with Gasteiger partial charge in [-0.05, 0) is 67.8 Å². The van der Waals surface area contributed by atoms with Crippen molar-refractivity contribution in [1.29, 1.82) is 0 Å². The summed E-state index contributed by atoms with van der Waals surface area (Å²) < 4.78 is 26.5. The maximum absolute atomic E-state index is 13.6. The summed E-state index contributed by atoms with van der Waals surface area (Å²) >= 11 is 1.19. The van der Waals surface area contributed by atoms with E-state index in [1.807, 2.05) is 13.0 Å². The van der Waals surface area contributed by atoms with Crippen molar-refractivity contribution in [2.75, 3.05) is 11.1 Å². The van der Waals surface area contributed by atoms with Gasteiger partial charge in [-0.25, -0.2) is 8.78 Å². The highest BCUT2D eigenvalue weighted by Crippen LogP contribution is 2.26. The van der Waals surface area contributed by atoms with Crippen LogP contribution < -0.4 is 5.32 Å². The number of aryl methyl sites for hydroxylation is 3. The van der Waals surface area contributed by atoms with Crippen LogP contribution in [0.1, 0.15) is 16.7 Å². The lowest BCUT2D eigenvalue weighted by Gasteiger charge is -2.09. The molecular weight excluding hydrogens is 380 g/mol. The van der Waals surface area contributed by atoms with Gasteiger partial charge in [-0.1, -0.05) is 17.8 Å². The van der Waals surface area contributed by atoms with Crippen LogP contribution >= 0.6 is 11.8 Å². The first-order valence-corrected chi connectivity index (χ1v) is 9.61. The highest BCUT2D eigenvalue weighted by Gasteiger charge is 2.11. The first kappa shape index (κ1) is 19.9. The van der Waals surface area contributed by atoms with Crippen LogP contribution in [0.5, 0.6) is 0 Å². The average Bonchev–Trinajstić information content (AvgIpc) is 2.66. The molecule has 3 rings (SSSR count). The molecule has 2 aromatic carbocycles. The highest BCUT2D eigenvalue weighted by atomic mass is 32.2. The van der Waals surface area contributed by atoms with E-state index in [1.165, 1.54) is 29.0 Å². The number of rotatable bonds is 5. The number of carbonyl (C=O) groups excluding carboxylic acids is 1. The number of benzene rings is 2. The van der Waals surface area contributed by atoms with E-state index in [4.69, 9.17) is 0 Å². The van der Waals surface area contributed by atoms with Gasteiger partial charge in [0.15, 0.2) is 0 Å². The van der Waals surface area contributed by atoms with Crippen LogP contribution in [0.15, 0.2) is 47.5 Å². The van der Waals surface area contributed by atoms with Gasteiger partial charge < -0.3 is 5.32 Å². The van der Waals surface area contributed by atoms with E-state index in [0.29, 0.717) is 5.03 Å². The zero-order valence-electron chi connectivity index (χ0n) is 15.7. The van der Waals surface area contributed by atoms with E-state index in [9.17, 15) is 13.6 Å². The van der Waals surface area contributed by atoms with Crippen LogP contribution in [0.25, 0.3) is 11.3 Å². The molecule has 0 aliphatic rings. The molecule has 0 atom stereocenters. The number of aromatic nitrogens is 2. The minimum absolute atomic E-state index is 0.0352. The molecule has 0 spiro atoms. The number of halogens is 2. The summed E-state index contributed by atoms with van der Waals surface area (Å²) in [6.07, 6.45) is 0. The summed E-state index contributed by atoms with van der Waals surface area (Å²) in [7, 11) is 0. The van der Waals surface area contributed by atoms with Crippen molar-refractivity contribution >= 4 is 23.4 Å². The van der Waals surface area contributed by atoms with E-state index >= 15 is 0 Å². The Kier molecular flexibility index (Phi) is 6.04. The molecule has 0 saturated carbocycles. The van der Waals surface area contributed by atoms with Gasteiger partial charge in [0.1, 0.15) is 16.7 Å². The van der Waals surface area contributed by atoms with Crippen LogP contribution in [0, 0.1) is 32.4 Å². The number of amides is 1. The third kappa shape index (κ3) is 4.72. The standard InChI is InChI=1S/C21H19F2N3OS/c1-12-8-14(3)16(9-13(12)2)18-6-7-21(26-25-18)28-11-20(27)24-19-5-4-15(22)10-17(19)23/h4-10H,11H2,1-3H3,(H,24,27). The second kappa shape index (κ2) is 8.48. The van der Waals surface area contributed by atoms with E-state index < -0.39 is 17.5 Å². The van der Waals surface area contributed by atoms with E-state index in [1.54, 1.807) is 6.07 Å². The predicted molar refractivity (Wildman–Crippen MR) is 107 cm³/mol. The van der Waals surface area contributed by atoms with Gasteiger partial charge in [0.25, 0.3) is 0 Å². The molecule has 1 amide bonds. The lowest BCUT2D eigenvalue weighted by molar-refractivity contribution is -0.113. The smallest absolute Gasteiger partial charge is 0.234 e. The molecule has 1 N–H and O–H groups in total. The first-order valence-electron chi connectivity index (χ1n) is 8.63. The Hall–Kier alpha value is -2.80. The Bertz CT molecular complexity index is 1020. The Labute approximate surface area is 166 Å². The van der Waals surface area contributed by atoms with Crippen LogP contribution in [0.3, 0.4) is 0 Å². The quantitative estimate of drug-likeness (QED) is 0.608. The number of hydrogen-bond acceptors (Lipinski definition) is 4. The second-order valence-electron chi connectivity index (χ2n) is 6.47. The average molecular weight is 399 g/mol. The molecule has 7 heteroatoms. The van der Waals surface area contributed by atoms with Crippen molar-refractivity contribution in [3.8, 4) is 11.3 Å². The Morgan fingerprint density at radius 1 is 0.964 bits per heavy atom. The fourth-order valence-corrected chi connectivity index (χ4v) is 3.31. The number of anilines is 1. The number of thioether (sulfide) groups is 1. The van der Waals surface area contributed by atoms with Crippen LogP contribution in [-0.2, 0) is 4.79 Å². The lowest BCUT2D eigenvalue weighted by atomic mass is 9.99. The fourth-order valence-electron chi connectivity index (χ4n) is 2.69. The van der Waals surface area contributed by atoms with E-state index in [2.05, 4.69) is 41.5 Å². The van der Waals surface area contributed by atoms with Crippen molar-refractivity contribution in [3.63, 3.8) is 0 Å². The largest absolute Gasteiger partial charge is 0.323 e. The highest BCUT2D eigenvalue weighted by molar-refractivity contribution is 7.99. The molecule has 4 nitrogen and oxygen atoms in total. The Morgan fingerprint density at radius 2 is 1.71 bits per heavy atom. The number of nitrogens with zero attached hydrogens (tertiary/aromatic N) is 2. The van der Waals surface area contributed by atoms with Crippen LogP contribution in [0.2, 0.25) is 0 Å². The molecule has 0 saturated heterocycles. The van der Waals surface area contributed by atoms with Gasteiger partial charge in [-0.3, -0.25) is 4.79 Å². The molecule has 0 aliphatic carbocycles. The van der Waals surface area contributed by atoms with E-state index in [-0.39, 0.29) is 11.4 Å². The Balaban J connectivity index is 1.63. The summed E-state index contributed by atoms with van der Waals surface area (Å²) in [6, 6.07) is 10.9. The summed E-state index contributed by atoms with van der Waals surface area (Å²) in [5.74, 6) is -1.88. The third-order valence-corrected chi connectivity index (χ3v) is 5.23. The molecule has 3 aromatic rings.